The predicted molar refractivity (Wildman–Crippen MR) is 81.2 cm³/mol. The molecule has 0 unspecified atom stereocenters. The summed E-state index contributed by atoms with van der Waals surface area (Å²) in [6.07, 6.45) is 3.30. The summed E-state index contributed by atoms with van der Waals surface area (Å²) < 4.78 is 6.59. The van der Waals surface area contributed by atoms with Crippen LogP contribution in [-0.2, 0) is 4.74 Å². The molecule has 2 N–H and O–H groups in total. The summed E-state index contributed by atoms with van der Waals surface area (Å²) in [4.78, 5) is 28.4. The Morgan fingerprint density at radius 3 is 2.95 bits per heavy atom. The first-order valence-electron chi connectivity index (χ1n) is 7.17. The first kappa shape index (κ1) is 16.0. The Balaban J connectivity index is 2.22. The number of carbonyl (C=O) groups is 1. The highest BCUT2D eigenvalue weighted by Gasteiger charge is 2.15. The molecule has 2 aromatic rings. The molecule has 1 atom stereocenters. The highest BCUT2D eigenvalue weighted by atomic mass is 16.5. The molecule has 0 fully saturated rings. The van der Waals surface area contributed by atoms with Crippen LogP contribution in [-0.4, -0.2) is 39.7 Å². The van der Waals surface area contributed by atoms with E-state index in [9.17, 15) is 14.7 Å². The molecule has 0 radical (unpaired) electrons. The SMILES string of the molecule is CCO[C@@H](CC)CNC(=O)c1cnc2c(O)cccn2c1=O. The summed E-state index contributed by atoms with van der Waals surface area (Å²) in [5.74, 6) is -0.623. The zero-order valence-corrected chi connectivity index (χ0v) is 12.6. The van der Waals surface area contributed by atoms with Gasteiger partial charge in [0.2, 0.25) is 0 Å². The fourth-order valence-corrected chi connectivity index (χ4v) is 2.11. The van der Waals surface area contributed by atoms with Gasteiger partial charge in [-0.3, -0.25) is 14.0 Å². The Hall–Kier alpha value is -2.41. The fourth-order valence-electron chi connectivity index (χ4n) is 2.11. The Bertz CT molecular complexity index is 726. The summed E-state index contributed by atoms with van der Waals surface area (Å²) >= 11 is 0. The van der Waals surface area contributed by atoms with Crippen molar-refractivity contribution in [1.29, 1.82) is 0 Å². The van der Waals surface area contributed by atoms with Crippen molar-refractivity contribution in [2.45, 2.75) is 26.4 Å². The Kier molecular flexibility index (Phi) is 5.11. The van der Waals surface area contributed by atoms with Gasteiger partial charge in [0.05, 0.1) is 6.10 Å². The van der Waals surface area contributed by atoms with Crippen molar-refractivity contribution in [3.8, 4) is 5.75 Å². The van der Waals surface area contributed by atoms with Gasteiger partial charge in [0.25, 0.3) is 11.5 Å². The van der Waals surface area contributed by atoms with E-state index >= 15 is 0 Å². The number of aromatic nitrogens is 2. The summed E-state index contributed by atoms with van der Waals surface area (Å²) in [5.41, 5.74) is -0.484. The number of fused-ring (bicyclic) bond motifs is 1. The van der Waals surface area contributed by atoms with Gasteiger partial charge in [0.15, 0.2) is 11.4 Å². The number of rotatable bonds is 6. The second-order valence-electron chi connectivity index (χ2n) is 4.76. The molecule has 2 aromatic heterocycles. The summed E-state index contributed by atoms with van der Waals surface area (Å²) in [6, 6.07) is 2.94. The van der Waals surface area contributed by atoms with Crippen molar-refractivity contribution < 1.29 is 14.6 Å². The maximum absolute atomic E-state index is 12.3. The summed E-state index contributed by atoms with van der Waals surface area (Å²) in [6.45, 7) is 4.73. The number of amides is 1. The van der Waals surface area contributed by atoms with Gasteiger partial charge in [-0.2, -0.15) is 0 Å². The van der Waals surface area contributed by atoms with Crippen LogP contribution in [0.15, 0.2) is 29.3 Å². The van der Waals surface area contributed by atoms with E-state index in [1.54, 1.807) is 0 Å². The molecule has 7 heteroatoms. The number of pyridine rings is 1. The van der Waals surface area contributed by atoms with Crippen LogP contribution in [0.3, 0.4) is 0 Å². The Morgan fingerprint density at radius 1 is 1.50 bits per heavy atom. The second-order valence-corrected chi connectivity index (χ2v) is 4.76. The molecule has 1 amide bonds. The number of carbonyl (C=O) groups excluding carboxylic acids is 1. The summed E-state index contributed by atoms with van der Waals surface area (Å²) in [5, 5.41) is 12.3. The highest BCUT2D eigenvalue weighted by molar-refractivity contribution is 5.93. The van der Waals surface area contributed by atoms with Crippen molar-refractivity contribution in [2.24, 2.45) is 0 Å². The van der Waals surface area contributed by atoms with Gasteiger partial charge in [0.1, 0.15) is 5.56 Å². The zero-order valence-electron chi connectivity index (χ0n) is 12.6. The third-order valence-corrected chi connectivity index (χ3v) is 3.30. The van der Waals surface area contributed by atoms with E-state index in [2.05, 4.69) is 10.3 Å². The third kappa shape index (κ3) is 3.25. The number of hydrogen-bond acceptors (Lipinski definition) is 5. The molecule has 22 heavy (non-hydrogen) atoms. The molecule has 0 aliphatic heterocycles. The number of nitrogens with one attached hydrogen (secondary N) is 1. The normalized spacial score (nSPS) is 12.3. The minimum Gasteiger partial charge on any atom is -0.504 e. The lowest BCUT2D eigenvalue weighted by Crippen LogP contribution is -2.37. The van der Waals surface area contributed by atoms with E-state index in [4.69, 9.17) is 4.74 Å². The molecule has 0 aliphatic carbocycles. The van der Waals surface area contributed by atoms with E-state index in [1.807, 2.05) is 13.8 Å². The van der Waals surface area contributed by atoms with Crippen LogP contribution >= 0.6 is 0 Å². The number of aromatic hydroxyl groups is 1. The van der Waals surface area contributed by atoms with Crippen LogP contribution in [0.5, 0.6) is 5.75 Å². The predicted octanol–water partition coefficient (Wildman–Crippen LogP) is 0.945. The van der Waals surface area contributed by atoms with E-state index in [0.29, 0.717) is 13.2 Å². The van der Waals surface area contributed by atoms with Gasteiger partial charge in [0, 0.05) is 25.5 Å². The minimum absolute atomic E-state index is 0.0746. The molecular weight excluding hydrogens is 286 g/mol. The van der Waals surface area contributed by atoms with Crippen molar-refractivity contribution in [3.63, 3.8) is 0 Å². The summed E-state index contributed by atoms with van der Waals surface area (Å²) in [7, 11) is 0. The van der Waals surface area contributed by atoms with Crippen LogP contribution in [0, 0.1) is 0 Å². The third-order valence-electron chi connectivity index (χ3n) is 3.30. The number of ether oxygens (including phenoxy) is 1. The molecular formula is C15H19N3O4. The topological polar surface area (TPSA) is 92.9 Å². The Morgan fingerprint density at radius 2 is 2.27 bits per heavy atom. The van der Waals surface area contributed by atoms with Gasteiger partial charge < -0.3 is 15.2 Å². The molecule has 0 saturated carbocycles. The van der Waals surface area contributed by atoms with Crippen molar-refractivity contribution in [3.05, 3.63) is 40.4 Å². The van der Waals surface area contributed by atoms with Gasteiger partial charge in [-0.25, -0.2) is 4.98 Å². The second kappa shape index (κ2) is 7.04. The lowest BCUT2D eigenvalue weighted by molar-refractivity contribution is 0.0568. The lowest BCUT2D eigenvalue weighted by Gasteiger charge is -2.15. The highest BCUT2D eigenvalue weighted by Crippen LogP contribution is 2.12. The lowest BCUT2D eigenvalue weighted by atomic mass is 10.2. The van der Waals surface area contributed by atoms with Crippen molar-refractivity contribution in [2.75, 3.05) is 13.2 Å². The zero-order chi connectivity index (χ0) is 16.1. The first-order chi connectivity index (χ1) is 10.6. The van der Waals surface area contributed by atoms with Crippen LogP contribution in [0.25, 0.3) is 5.65 Å². The van der Waals surface area contributed by atoms with E-state index in [0.717, 1.165) is 10.8 Å². The molecule has 0 saturated heterocycles. The van der Waals surface area contributed by atoms with Crippen molar-refractivity contribution in [1.82, 2.24) is 14.7 Å². The maximum atomic E-state index is 12.3. The number of hydrogen-bond donors (Lipinski definition) is 2. The minimum atomic E-state index is -0.525. The standard InChI is InChI=1S/C15H19N3O4/c1-3-10(22-4-2)8-17-14(20)11-9-16-13-12(19)6-5-7-18(13)15(11)21/h5-7,9-10,19H,3-4,8H2,1-2H3,(H,17,20)/t10-/m0/s1. The smallest absolute Gasteiger partial charge is 0.270 e. The average molecular weight is 305 g/mol. The maximum Gasteiger partial charge on any atom is 0.270 e. The Labute approximate surface area is 127 Å². The van der Waals surface area contributed by atoms with E-state index < -0.39 is 11.5 Å². The number of nitrogens with zero attached hydrogens (tertiary/aromatic N) is 2. The van der Waals surface area contributed by atoms with Crippen LogP contribution in [0.1, 0.15) is 30.6 Å². The molecule has 7 nitrogen and oxygen atoms in total. The molecule has 0 spiro atoms. The molecule has 0 bridgehead atoms. The molecule has 0 aromatic carbocycles. The van der Waals surface area contributed by atoms with Crippen LogP contribution in [0.2, 0.25) is 0 Å². The average Bonchev–Trinajstić information content (AvgIpc) is 2.52. The van der Waals surface area contributed by atoms with Gasteiger partial charge in [-0.15, -0.1) is 0 Å². The fraction of sp³-hybridized carbons (Fsp3) is 0.400. The largest absolute Gasteiger partial charge is 0.504 e. The molecule has 2 heterocycles. The van der Waals surface area contributed by atoms with Crippen LogP contribution < -0.4 is 10.9 Å². The monoisotopic (exact) mass is 305 g/mol. The van der Waals surface area contributed by atoms with Gasteiger partial charge >= 0.3 is 0 Å². The molecule has 0 aliphatic rings. The first-order valence-corrected chi connectivity index (χ1v) is 7.17. The van der Waals surface area contributed by atoms with Gasteiger partial charge in [-0.1, -0.05) is 6.92 Å². The molecule has 118 valence electrons. The van der Waals surface area contributed by atoms with Gasteiger partial charge in [-0.05, 0) is 25.5 Å². The quantitative estimate of drug-likeness (QED) is 0.828. The van der Waals surface area contributed by atoms with Crippen LogP contribution in [0.4, 0.5) is 0 Å². The van der Waals surface area contributed by atoms with Crippen molar-refractivity contribution >= 4 is 11.6 Å². The van der Waals surface area contributed by atoms with E-state index in [-0.39, 0.29) is 23.1 Å². The molecule has 2 rings (SSSR count). The van der Waals surface area contributed by atoms with E-state index in [1.165, 1.54) is 24.5 Å².